The monoisotopic (exact) mass is 477 g/mol. The number of sulfone groups is 1. The topological polar surface area (TPSA) is 133 Å². The number of nitrogens with zero attached hydrogens (tertiary/aromatic N) is 6. The highest BCUT2D eigenvalue weighted by molar-refractivity contribution is 7.90. The van der Waals surface area contributed by atoms with Gasteiger partial charge in [-0.1, -0.05) is 0 Å². The number of fused-ring (bicyclic) bond motifs is 1. The Morgan fingerprint density at radius 2 is 1.81 bits per heavy atom. The summed E-state index contributed by atoms with van der Waals surface area (Å²) in [6, 6.07) is -2.22. The van der Waals surface area contributed by atoms with Crippen LogP contribution >= 0.6 is 11.6 Å². The third-order valence-corrected chi connectivity index (χ3v) is 5.51. The van der Waals surface area contributed by atoms with E-state index in [0.29, 0.717) is 4.57 Å². The number of hydrogen-bond donors (Lipinski definition) is 1. The first kappa shape index (κ1) is 22.8. The van der Waals surface area contributed by atoms with Crippen LogP contribution in [0.5, 0.6) is 0 Å². The van der Waals surface area contributed by atoms with Crippen molar-refractivity contribution in [2.75, 3.05) is 11.6 Å². The Morgan fingerprint density at radius 3 is 2.35 bits per heavy atom. The van der Waals surface area contributed by atoms with Crippen LogP contribution in [-0.4, -0.2) is 50.3 Å². The van der Waals surface area contributed by atoms with E-state index in [-0.39, 0.29) is 39.4 Å². The number of aromatic nitrogens is 6. The molecule has 0 saturated carbocycles. The van der Waals surface area contributed by atoms with Crippen LogP contribution in [0.15, 0.2) is 22.1 Å². The first-order valence-corrected chi connectivity index (χ1v) is 10.8. The summed E-state index contributed by atoms with van der Waals surface area (Å²) in [5, 5.41) is 2.27. The van der Waals surface area contributed by atoms with Gasteiger partial charge in [-0.05, 0) is 25.4 Å². The average Bonchev–Trinajstić information content (AvgIpc) is 2.65. The van der Waals surface area contributed by atoms with Gasteiger partial charge in [0.1, 0.15) is 22.3 Å². The van der Waals surface area contributed by atoms with Crippen LogP contribution in [0.25, 0.3) is 11.2 Å². The molecule has 15 heteroatoms. The van der Waals surface area contributed by atoms with Crippen LogP contribution in [-0.2, 0) is 16.4 Å². The highest BCUT2D eigenvalue weighted by atomic mass is 35.5. The molecule has 3 heterocycles. The number of nitrogens with one attached hydrogen (secondary N) is 1. The van der Waals surface area contributed by atoms with E-state index < -0.39 is 33.4 Å². The van der Waals surface area contributed by atoms with Crippen LogP contribution < -0.4 is 10.9 Å². The molecular formula is C16H15ClF3N7O3S. The molecule has 0 aliphatic rings. The van der Waals surface area contributed by atoms with Crippen LogP contribution in [0.1, 0.15) is 24.5 Å². The van der Waals surface area contributed by atoms with E-state index in [4.69, 9.17) is 11.6 Å². The second kappa shape index (κ2) is 8.00. The van der Waals surface area contributed by atoms with Gasteiger partial charge in [0.05, 0.1) is 12.2 Å². The van der Waals surface area contributed by atoms with Crippen molar-refractivity contribution in [1.29, 1.82) is 0 Å². The van der Waals surface area contributed by atoms with Crippen molar-refractivity contribution < 1.29 is 21.6 Å². The number of anilines is 1. The molecule has 0 aromatic carbocycles. The largest absolute Gasteiger partial charge is 0.409 e. The van der Waals surface area contributed by atoms with E-state index in [1.54, 1.807) is 0 Å². The van der Waals surface area contributed by atoms with Gasteiger partial charge >= 0.3 is 6.18 Å². The fraction of sp³-hybridized carbons (Fsp3) is 0.375. The van der Waals surface area contributed by atoms with Gasteiger partial charge in [0.15, 0.2) is 21.3 Å². The molecule has 0 amide bonds. The summed E-state index contributed by atoms with van der Waals surface area (Å²) < 4.78 is 63.6. The number of alkyl halides is 3. The first-order valence-electron chi connectivity index (χ1n) is 8.57. The van der Waals surface area contributed by atoms with Gasteiger partial charge < -0.3 is 5.32 Å². The van der Waals surface area contributed by atoms with Gasteiger partial charge in [-0.25, -0.2) is 28.4 Å². The number of aryl methyl sites for hydroxylation is 1. The van der Waals surface area contributed by atoms with E-state index in [1.165, 1.54) is 6.92 Å². The molecule has 3 aromatic heterocycles. The Bertz CT molecular complexity index is 1310. The zero-order valence-corrected chi connectivity index (χ0v) is 17.8. The van der Waals surface area contributed by atoms with Crippen LogP contribution in [0, 0.1) is 6.92 Å². The predicted molar refractivity (Wildman–Crippen MR) is 105 cm³/mol. The summed E-state index contributed by atoms with van der Waals surface area (Å²) in [6.07, 6.45) is -1.59. The molecule has 0 radical (unpaired) electrons. The number of rotatable bonds is 5. The minimum atomic E-state index is -4.74. The highest BCUT2D eigenvalue weighted by Crippen LogP contribution is 2.31. The first-order chi connectivity index (χ1) is 14.3. The van der Waals surface area contributed by atoms with Crippen molar-refractivity contribution in [3.8, 4) is 0 Å². The smallest absolute Gasteiger partial charge is 0.358 e. The van der Waals surface area contributed by atoms with Crippen molar-refractivity contribution >= 4 is 38.4 Å². The molecule has 0 spiro atoms. The molecule has 31 heavy (non-hydrogen) atoms. The third kappa shape index (κ3) is 4.74. The maximum absolute atomic E-state index is 13.4. The van der Waals surface area contributed by atoms with Gasteiger partial charge in [0.2, 0.25) is 5.28 Å². The standard InChI is InChI=1S/C16H15ClF3N7O3S/c1-7-11-13(26-15(17)24-7)27(8(2)16(18,19)20)14(28)12(25-11)23-6-10-21-4-9(5-22-10)31(3,29)30/h4-5,8H,6H2,1-3H3,(H,23,25)/t8-/m0/s1. The Hall–Kier alpha value is -2.87. The van der Waals surface area contributed by atoms with Gasteiger partial charge in [0, 0.05) is 18.6 Å². The van der Waals surface area contributed by atoms with Crippen LogP contribution in [0.3, 0.4) is 0 Å². The lowest BCUT2D eigenvalue weighted by Crippen LogP contribution is -2.35. The third-order valence-electron chi connectivity index (χ3n) is 4.27. The van der Waals surface area contributed by atoms with E-state index in [2.05, 4.69) is 30.2 Å². The van der Waals surface area contributed by atoms with E-state index in [1.807, 2.05) is 0 Å². The molecule has 1 N–H and O–H groups in total. The summed E-state index contributed by atoms with van der Waals surface area (Å²) in [5.74, 6) is -0.318. The lowest BCUT2D eigenvalue weighted by Gasteiger charge is -2.21. The average molecular weight is 478 g/mol. The van der Waals surface area contributed by atoms with Gasteiger partial charge in [-0.3, -0.25) is 9.36 Å². The van der Waals surface area contributed by atoms with Crippen molar-refractivity contribution in [2.45, 2.75) is 37.5 Å². The van der Waals surface area contributed by atoms with E-state index in [0.717, 1.165) is 25.6 Å². The second-order valence-electron chi connectivity index (χ2n) is 6.56. The molecule has 3 aromatic rings. The zero-order valence-electron chi connectivity index (χ0n) is 16.3. The van der Waals surface area contributed by atoms with Crippen LogP contribution in [0.2, 0.25) is 5.28 Å². The highest BCUT2D eigenvalue weighted by Gasteiger charge is 2.39. The Kier molecular flexibility index (Phi) is 5.88. The fourth-order valence-electron chi connectivity index (χ4n) is 2.60. The maximum Gasteiger partial charge on any atom is 0.409 e. The number of halogens is 4. The molecule has 0 saturated heterocycles. The SMILES string of the molecule is Cc1nc(Cl)nc2c1nc(NCc1ncc(S(C)(=O)=O)cn1)c(=O)n2[C@@H](C)C(F)(F)F. The minimum absolute atomic E-state index is 0.0454. The molecular weight excluding hydrogens is 463 g/mol. The lowest BCUT2D eigenvalue weighted by atomic mass is 10.3. The Morgan fingerprint density at radius 1 is 1.19 bits per heavy atom. The predicted octanol–water partition coefficient (Wildman–Crippen LogP) is 2.08. The fourth-order valence-corrected chi connectivity index (χ4v) is 3.29. The summed E-state index contributed by atoms with van der Waals surface area (Å²) in [4.78, 5) is 32.1. The van der Waals surface area contributed by atoms with Crippen molar-refractivity contribution in [3.63, 3.8) is 0 Å². The molecule has 166 valence electrons. The van der Waals surface area contributed by atoms with Crippen molar-refractivity contribution in [2.24, 2.45) is 0 Å². The maximum atomic E-state index is 13.4. The summed E-state index contributed by atoms with van der Waals surface area (Å²) >= 11 is 5.77. The molecule has 0 aliphatic carbocycles. The Labute approximate surface area is 178 Å². The molecule has 10 nitrogen and oxygen atoms in total. The molecule has 0 fully saturated rings. The zero-order chi connectivity index (χ0) is 23.1. The van der Waals surface area contributed by atoms with Gasteiger partial charge in [-0.2, -0.15) is 18.2 Å². The van der Waals surface area contributed by atoms with Gasteiger partial charge in [0.25, 0.3) is 5.56 Å². The molecule has 0 aliphatic heterocycles. The quantitative estimate of drug-likeness (QED) is 0.548. The Balaban J connectivity index is 2.07. The van der Waals surface area contributed by atoms with Crippen molar-refractivity contribution in [3.05, 3.63) is 39.5 Å². The molecule has 1 atom stereocenters. The molecule has 0 bridgehead atoms. The summed E-state index contributed by atoms with van der Waals surface area (Å²) in [5.41, 5.74) is -1.31. The van der Waals surface area contributed by atoms with E-state index >= 15 is 0 Å². The minimum Gasteiger partial charge on any atom is -0.358 e. The summed E-state index contributed by atoms with van der Waals surface area (Å²) in [7, 11) is -3.50. The number of hydrogen-bond acceptors (Lipinski definition) is 9. The normalized spacial score (nSPS) is 13.4. The summed E-state index contributed by atoms with van der Waals surface area (Å²) in [6.45, 7) is 2.07. The van der Waals surface area contributed by atoms with Gasteiger partial charge in [-0.15, -0.1) is 0 Å². The van der Waals surface area contributed by atoms with E-state index in [9.17, 15) is 26.4 Å². The molecule has 3 rings (SSSR count). The van der Waals surface area contributed by atoms with Crippen molar-refractivity contribution in [1.82, 2.24) is 29.5 Å². The second-order valence-corrected chi connectivity index (χ2v) is 8.92. The lowest BCUT2D eigenvalue weighted by molar-refractivity contribution is -0.162. The van der Waals surface area contributed by atoms with Crippen LogP contribution in [0.4, 0.5) is 19.0 Å². The molecule has 0 unspecified atom stereocenters.